The van der Waals surface area contributed by atoms with Crippen molar-refractivity contribution in [1.29, 1.82) is 0 Å². The Kier molecular flexibility index (Phi) is 4.96. The molecule has 3 N–H and O–H groups in total. The second-order valence-corrected chi connectivity index (χ2v) is 5.02. The molecular weight excluding hydrogens is 268 g/mol. The van der Waals surface area contributed by atoms with E-state index in [-0.39, 0.29) is 24.5 Å². The fourth-order valence-corrected chi connectivity index (χ4v) is 2.24. The minimum absolute atomic E-state index is 0.00104. The molecular formula is C16H18N2O3. The van der Waals surface area contributed by atoms with Gasteiger partial charge < -0.3 is 15.7 Å². The van der Waals surface area contributed by atoms with Crippen LogP contribution in [0.2, 0.25) is 0 Å². The van der Waals surface area contributed by atoms with Crippen molar-refractivity contribution in [3.05, 3.63) is 34.9 Å². The third-order valence-electron chi connectivity index (χ3n) is 3.32. The topological polar surface area (TPSA) is 78.4 Å². The van der Waals surface area contributed by atoms with Crippen LogP contribution >= 0.6 is 0 Å². The predicted octanol–water partition coefficient (Wildman–Crippen LogP) is 0.347. The number of benzene rings is 1. The maximum atomic E-state index is 12.2. The molecule has 5 heteroatoms. The molecule has 1 saturated heterocycles. The summed E-state index contributed by atoms with van der Waals surface area (Å²) in [5, 5.41) is 14.4. The summed E-state index contributed by atoms with van der Waals surface area (Å²) in [7, 11) is 0. The maximum Gasteiger partial charge on any atom is 0.252 e. The Morgan fingerprint density at radius 1 is 1.52 bits per heavy atom. The van der Waals surface area contributed by atoms with E-state index in [4.69, 9.17) is 5.11 Å². The number of amides is 2. The van der Waals surface area contributed by atoms with E-state index in [0.29, 0.717) is 24.1 Å². The largest absolute Gasteiger partial charge is 0.384 e. The van der Waals surface area contributed by atoms with E-state index in [1.807, 2.05) is 19.1 Å². The Morgan fingerprint density at radius 2 is 2.33 bits per heavy atom. The van der Waals surface area contributed by atoms with Gasteiger partial charge in [-0.05, 0) is 31.0 Å². The SMILES string of the molecule is Cc1ccc(C(=O)NCC2CCC(=O)N2)c(C#CCO)c1. The van der Waals surface area contributed by atoms with E-state index in [0.717, 1.165) is 12.0 Å². The van der Waals surface area contributed by atoms with Gasteiger partial charge in [-0.2, -0.15) is 0 Å². The fraction of sp³-hybridized carbons (Fsp3) is 0.375. The molecule has 110 valence electrons. The van der Waals surface area contributed by atoms with Gasteiger partial charge in [-0.25, -0.2) is 0 Å². The van der Waals surface area contributed by atoms with Gasteiger partial charge in [0, 0.05) is 24.6 Å². The second-order valence-electron chi connectivity index (χ2n) is 5.02. The first kappa shape index (κ1) is 15.1. The first-order valence-corrected chi connectivity index (χ1v) is 6.88. The quantitative estimate of drug-likeness (QED) is 0.702. The average Bonchev–Trinajstić information content (AvgIpc) is 2.88. The van der Waals surface area contributed by atoms with Crippen molar-refractivity contribution >= 4 is 11.8 Å². The van der Waals surface area contributed by atoms with E-state index in [9.17, 15) is 9.59 Å². The van der Waals surface area contributed by atoms with Crippen LogP contribution < -0.4 is 10.6 Å². The summed E-state index contributed by atoms with van der Waals surface area (Å²) >= 11 is 0. The van der Waals surface area contributed by atoms with Gasteiger partial charge in [0.25, 0.3) is 5.91 Å². The lowest BCUT2D eigenvalue weighted by molar-refractivity contribution is -0.119. The van der Waals surface area contributed by atoms with Gasteiger partial charge in [-0.15, -0.1) is 0 Å². The van der Waals surface area contributed by atoms with Crippen LogP contribution in [0.5, 0.6) is 0 Å². The highest BCUT2D eigenvalue weighted by Gasteiger charge is 2.21. The summed E-state index contributed by atoms with van der Waals surface area (Å²) in [5.74, 6) is 5.15. The van der Waals surface area contributed by atoms with Crippen LogP contribution in [0.25, 0.3) is 0 Å². The molecule has 1 unspecified atom stereocenters. The van der Waals surface area contributed by atoms with Crippen LogP contribution in [0.4, 0.5) is 0 Å². The van der Waals surface area contributed by atoms with Crippen LogP contribution in [-0.4, -0.2) is 36.1 Å². The van der Waals surface area contributed by atoms with E-state index >= 15 is 0 Å². The number of carbonyl (C=O) groups excluding carboxylic acids is 2. The molecule has 0 aromatic heterocycles. The number of aryl methyl sites for hydroxylation is 1. The zero-order chi connectivity index (χ0) is 15.2. The number of hydrogen-bond donors (Lipinski definition) is 3. The Hall–Kier alpha value is -2.32. The number of aliphatic hydroxyl groups is 1. The third kappa shape index (κ3) is 4.07. The van der Waals surface area contributed by atoms with Gasteiger partial charge in [-0.1, -0.05) is 17.9 Å². The van der Waals surface area contributed by atoms with E-state index in [1.165, 1.54) is 0 Å². The fourth-order valence-electron chi connectivity index (χ4n) is 2.24. The highest BCUT2D eigenvalue weighted by Crippen LogP contribution is 2.11. The van der Waals surface area contributed by atoms with Gasteiger partial charge in [0.1, 0.15) is 6.61 Å². The molecule has 1 aromatic rings. The molecule has 2 rings (SSSR count). The average molecular weight is 286 g/mol. The molecule has 1 aliphatic rings. The molecule has 0 radical (unpaired) electrons. The number of aliphatic hydroxyl groups excluding tert-OH is 1. The highest BCUT2D eigenvalue weighted by atomic mass is 16.2. The minimum atomic E-state index is -0.247. The first-order valence-electron chi connectivity index (χ1n) is 6.88. The first-order chi connectivity index (χ1) is 10.1. The van der Waals surface area contributed by atoms with Crippen molar-refractivity contribution in [2.24, 2.45) is 0 Å². The zero-order valence-corrected chi connectivity index (χ0v) is 11.9. The third-order valence-corrected chi connectivity index (χ3v) is 3.32. The monoisotopic (exact) mass is 286 g/mol. The minimum Gasteiger partial charge on any atom is -0.384 e. The van der Waals surface area contributed by atoms with Crippen molar-refractivity contribution in [1.82, 2.24) is 10.6 Å². The molecule has 1 heterocycles. The summed E-state index contributed by atoms with van der Waals surface area (Å²) in [4.78, 5) is 23.3. The molecule has 1 aromatic carbocycles. The molecule has 0 aliphatic carbocycles. The van der Waals surface area contributed by atoms with Gasteiger partial charge in [-0.3, -0.25) is 9.59 Å². The van der Waals surface area contributed by atoms with Gasteiger partial charge in [0.15, 0.2) is 0 Å². The Labute approximate surface area is 123 Å². The van der Waals surface area contributed by atoms with Crippen LogP contribution in [0.3, 0.4) is 0 Å². The second kappa shape index (κ2) is 6.91. The van der Waals surface area contributed by atoms with Crippen molar-refractivity contribution in [3.8, 4) is 11.8 Å². The normalized spacial score (nSPS) is 16.9. The molecule has 2 amide bonds. The van der Waals surface area contributed by atoms with Crippen molar-refractivity contribution in [2.75, 3.05) is 13.2 Å². The number of nitrogens with one attached hydrogen (secondary N) is 2. The lowest BCUT2D eigenvalue weighted by Gasteiger charge is -2.12. The van der Waals surface area contributed by atoms with Gasteiger partial charge >= 0.3 is 0 Å². The van der Waals surface area contributed by atoms with Crippen LogP contribution in [0.1, 0.15) is 34.3 Å². The Balaban J connectivity index is 2.06. The maximum absolute atomic E-state index is 12.2. The van der Waals surface area contributed by atoms with Gasteiger partial charge in [0.05, 0.1) is 5.56 Å². The van der Waals surface area contributed by atoms with E-state index in [2.05, 4.69) is 22.5 Å². The summed E-state index contributed by atoms with van der Waals surface area (Å²) in [5.41, 5.74) is 2.07. The molecule has 1 atom stereocenters. The molecule has 1 fully saturated rings. The van der Waals surface area contributed by atoms with E-state index < -0.39 is 0 Å². The van der Waals surface area contributed by atoms with Crippen LogP contribution in [0.15, 0.2) is 18.2 Å². The highest BCUT2D eigenvalue weighted by molar-refractivity contribution is 5.97. The summed E-state index contributed by atoms with van der Waals surface area (Å²) < 4.78 is 0. The van der Waals surface area contributed by atoms with E-state index in [1.54, 1.807) is 6.07 Å². The zero-order valence-electron chi connectivity index (χ0n) is 11.9. The van der Waals surface area contributed by atoms with Crippen molar-refractivity contribution in [3.63, 3.8) is 0 Å². The molecule has 5 nitrogen and oxygen atoms in total. The number of rotatable bonds is 3. The lowest BCUT2D eigenvalue weighted by Crippen LogP contribution is -2.38. The summed E-state index contributed by atoms with van der Waals surface area (Å²) in [6, 6.07) is 5.38. The Morgan fingerprint density at radius 3 is 3.00 bits per heavy atom. The molecule has 0 saturated carbocycles. The van der Waals surface area contributed by atoms with Crippen molar-refractivity contribution < 1.29 is 14.7 Å². The predicted molar refractivity (Wildman–Crippen MR) is 78.6 cm³/mol. The number of hydrogen-bond acceptors (Lipinski definition) is 3. The summed E-state index contributed by atoms with van der Waals surface area (Å²) in [6.45, 7) is 2.08. The molecule has 1 aliphatic heterocycles. The van der Waals surface area contributed by atoms with Crippen LogP contribution in [0, 0.1) is 18.8 Å². The van der Waals surface area contributed by atoms with Crippen LogP contribution in [-0.2, 0) is 4.79 Å². The molecule has 21 heavy (non-hydrogen) atoms. The number of carbonyl (C=O) groups is 2. The lowest BCUT2D eigenvalue weighted by atomic mass is 10.0. The molecule has 0 spiro atoms. The Bertz CT molecular complexity index is 614. The summed E-state index contributed by atoms with van der Waals surface area (Å²) in [6.07, 6.45) is 1.25. The standard InChI is InChI=1S/C16H18N2O3/c1-11-4-6-14(12(9-11)3-2-8-19)16(21)17-10-13-5-7-15(20)18-13/h4,6,9,13,19H,5,7-8,10H2,1H3,(H,17,21)(H,18,20). The smallest absolute Gasteiger partial charge is 0.252 e. The van der Waals surface area contributed by atoms with Gasteiger partial charge in [0.2, 0.25) is 5.91 Å². The molecule has 0 bridgehead atoms. The van der Waals surface area contributed by atoms with Crippen molar-refractivity contribution in [2.45, 2.75) is 25.8 Å².